The molecule has 2 rings (SSSR count). The predicted molar refractivity (Wildman–Crippen MR) is 62.1 cm³/mol. The molecule has 1 aliphatic rings. The fraction of sp³-hybridized carbons (Fsp3) is 0.750. The Bertz CT molecular complexity index is 414. The minimum Gasteiger partial charge on any atom is -0.481 e. The van der Waals surface area contributed by atoms with Crippen molar-refractivity contribution in [3.05, 3.63) is 11.7 Å². The molecule has 18 heavy (non-hydrogen) atoms. The lowest BCUT2D eigenvalue weighted by molar-refractivity contribution is -0.141. The van der Waals surface area contributed by atoms with Gasteiger partial charge in [0.25, 0.3) is 0 Å². The first-order chi connectivity index (χ1) is 8.65. The standard InChI is InChI=1S/C12H18N2O4/c1-3-9(17-2)10-13-11(18-14-10)7-4-5-8(6-7)12(15)16/h7-9H,3-6H2,1-2H3,(H,15,16). The molecule has 1 fully saturated rings. The van der Waals surface area contributed by atoms with E-state index < -0.39 is 5.97 Å². The van der Waals surface area contributed by atoms with Crippen LogP contribution in [0.5, 0.6) is 0 Å². The molecule has 6 nitrogen and oxygen atoms in total. The van der Waals surface area contributed by atoms with Gasteiger partial charge in [-0.15, -0.1) is 0 Å². The summed E-state index contributed by atoms with van der Waals surface area (Å²) >= 11 is 0. The summed E-state index contributed by atoms with van der Waals surface area (Å²) in [5, 5.41) is 12.9. The second-order valence-electron chi connectivity index (χ2n) is 4.67. The zero-order valence-corrected chi connectivity index (χ0v) is 10.6. The Labute approximate surface area is 105 Å². The third-order valence-electron chi connectivity index (χ3n) is 3.53. The fourth-order valence-electron chi connectivity index (χ4n) is 2.43. The van der Waals surface area contributed by atoms with Gasteiger partial charge < -0.3 is 14.4 Å². The van der Waals surface area contributed by atoms with Crippen LogP contribution in [0.1, 0.15) is 56.3 Å². The summed E-state index contributed by atoms with van der Waals surface area (Å²) in [5.74, 6) is 0.148. The second kappa shape index (κ2) is 5.48. The van der Waals surface area contributed by atoms with Gasteiger partial charge in [-0.05, 0) is 25.7 Å². The lowest BCUT2D eigenvalue weighted by Gasteiger charge is -2.06. The van der Waals surface area contributed by atoms with Gasteiger partial charge in [0.2, 0.25) is 11.7 Å². The molecule has 0 aliphatic heterocycles. The van der Waals surface area contributed by atoms with Crippen molar-refractivity contribution in [2.75, 3.05) is 7.11 Å². The van der Waals surface area contributed by atoms with E-state index in [1.54, 1.807) is 7.11 Å². The van der Waals surface area contributed by atoms with Crippen molar-refractivity contribution >= 4 is 5.97 Å². The van der Waals surface area contributed by atoms with Gasteiger partial charge in [0, 0.05) is 13.0 Å². The number of hydrogen-bond acceptors (Lipinski definition) is 5. The topological polar surface area (TPSA) is 85.5 Å². The van der Waals surface area contributed by atoms with Gasteiger partial charge in [0.05, 0.1) is 5.92 Å². The Kier molecular flexibility index (Phi) is 3.96. The van der Waals surface area contributed by atoms with Gasteiger partial charge in [0.15, 0.2) is 0 Å². The van der Waals surface area contributed by atoms with Crippen LogP contribution in [-0.2, 0) is 9.53 Å². The number of carboxylic acid groups (broad SMARTS) is 1. The highest BCUT2D eigenvalue weighted by Gasteiger charge is 2.34. The Hall–Kier alpha value is -1.43. The minimum absolute atomic E-state index is 0.0710. The van der Waals surface area contributed by atoms with Crippen molar-refractivity contribution < 1.29 is 19.2 Å². The maximum Gasteiger partial charge on any atom is 0.306 e. The zero-order valence-electron chi connectivity index (χ0n) is 10.6. The first kappa shape index (κ1) is 13.0. The number of methoxy groups -OCH3 is 1. The molecule has 0 saturated heterocycles. The molecular formula is C12H18N2O4. The quantitative estimate of drug-likeness (QED) is 0.866. The van der Waals surface area contributed by atoms with Gasteiger partial charge in [0.1, 0.15) is 6.10 Å². The van der Waals surface area contributed by atoms with Crippen LogP contribution >= 0.6 is 0 Å². The van der Waals surface area contributed by atoms with Crippen LogP contribution < -0.4 is 0 Å². The molecule has 0 radical (unpaired) electrons. The molecular weight excluding hydrogens is 236 g/mol. The highest BCUT2D eigenvalue weighted by Crippen LogP contribution is 2.38. The molecule has 1 aromatic rings. The van der Waals surface area contributed by atoms with Crippen LogP contribution in [0.15, 0.2) is 4.52 Å². The van der Waals surface area contributed by atoms with Gasteiger partial charge in [-0.1, -0.05) is 12.1 Å². The van der Waals surface area contributed by atoms with Crippen LogP contribution in [0.25, 0.3) is 0 Å². The van der Waals surface area contributed by atoms with Crippen molar-refractivity contribution in [3.63, 3.8) is 0 Å². The summed E-state index contributed by atoms with van der Waals surface area (Å²) in [4.78, 5) is 15.2. The van der Waals surface area contributed by atoms with Gasteiger partial charge in [-0.3, -0.25) is 4.79 Å². The average Bonchev–Trinajstić information content (AvgIpc) is 2.98. The second-order valence-corrected chi connectivity index (χ2v) is 4.67. The number of carbonyl (C=O) groups is 1. The lowest BCUT2D eigenvalue weighted by Crippen LogP contribution is -2.09. The Morgan fingerprint density at radius 2 is 2.39 bits per heavy atom. The monoisotopic (exact) mass is 254 g/mol. The number of rotatable bonds is 5. The molecule has 3 atom stereocenters. The first-order valence-corrected chi connectivity index (χ1v) is 6.24. The largest absolute Gasteiger partial charge is 0.481 e. The summed E-state index contributed by atoms with van der Waals surface area (Å²) in [6.45, 7) is 1.99. The molecule has 1 saturated carbocycles. The summed E-state index contributed by atoms with van der Waals surface area (Å²) in [5.41, 5.74) is 0. The maximum atomic E-state index is 10.9. The third-order valence-corrected chi connectivity index (χ3v) is 3.53. The number of nitrogens with zero attached hydrogens (tertiary/aromatic N) is 2. The fourth-order valence-corrected chi connectivity index (χ4v) is 2.43. The van der Waals surface area contributed by atoms with E-state index in [0.717, 1.165) is 12.8 Å². The third kappa shape index (κ3) is 2.53. The summed E-state index contributed by atoms with van der Waals surface area (Å²) in [7, 11) is 1.61. The number of aromatic nitrogens is 2. The van der Waals surface area contributed by atoms with Gasteiger partial charge >= 0.3 is 5.97 Å². The first-order valence-electron chi connectivity index (χ1n) is 6.24. The minimum atomic E-state index is -0.736. The van der Waals surface area contributed by atoms with E-state index in [2.05, 4.69) is 10.1 Å². The number of hydrogen-bond donors (Lipinski definition) is 1. The molecule has 0 aromatic carbocycles. The Morgan fingerprint density at radius 1 is 1.61 bits per heavy atom. The number of ether oxygens (including phenoxy) is 1. The van der Waals surface area contributed by atoms with Crippen LogP contribution in [0.2, 0.25) is 0 Å². The van der Waals surface area contributed by atoms with E-state index in [1.807, 2.05) is 6.92 Å². The van der Waals surface area contributed by atoms with Gasteiger partial charge in [-0.25, -0.2) is 0 Å². The number of aliphatic carboxylic acids is 1. The summed E-state index contributed by atoms with van der Waals surface area (Å²) in [6, 6.07) is 0. The number of carboxylic acids is 1. The van der Waals surface area contributed by atoms with Crippen molar-refractivity contribution in [2.45, 2.75) is 44.6 Å². The highest BCUT2D eigenvalue weighted by atomic mass is 16.5. The molecule has 3 unspecified atom stereocenters. The molecule has 1 N–H and O–H groups in total. The molecule has 0 amide bonds. The van der Waals surface area contributed by atoms with Crippen LogP contribution in [-0.4, -0.2) is 28.3 Å². The van der Waals surface area contributed by atoms with Crippen LogP contribution in [0, 0.1) is 5.92 Å². The lowest BCUT2D eigenvalue weighted by atomic mass is 10.1. The van der Waals surface area contributed by atoms with E-state index in [1.165, 1.54) is 0 Å². The molecule has 1 aromatic heterocycles. The maximum absolute atomic E-state index is 10.9. The normalized spacial score (nSPS) is 25.2. The predicted octanol–water partition coefficient (Wildman–Crippen LogP) is 2.14. The molecule has 1 heterocycles. The Morgan fingerprint density at radius 3 is 2.94 bits per heavy atom. The molecule has 100 valence electrons. The van der Waals surface area contributed by atoms with Crippen molar-refractivity contribution in [2.24, 2.45) is 5.92 Å². The van der Waals surface area contributed by atoms with E-state index in [0.29, 0.717) is 24.6 Å². The summed E-state index contributed by atoms with van der Waals surface area (Å²) in [6.07, 6.45) is 2.68. The molecule has 0 bridgehead atoms. The smallest absolute Gasteiger partial charge is 0.306 e. The zero-order chi connectivity index (χ0) is 13.1. The van der Waals surface area contributed by atoms with Crippen molar-refractivity contribution in [1.82, 2.24) is 10.1 Å². The SMILES string of the molecule is CCC(OC)c1noc(C2CCC(C(=O)O)C2)n1. The highest BCUT2D eigenvalue weighted by molar-refractivity contribution is 5.70. The van der Waals surface area contributed by atoms with Gasteiger partial charge in [-0.2, -0.15) is 4.98 Å². The van der Waals surface area contributed by atoms with Crippen LogP contribution in [0.3, 0.4) is 0 Å². The summed E-state index contributed by atoms with van der Waals surface area (Å²) < 4.78 is 10.5. The van der Waals surface area contributed by atoms with E-state index in [9.17, 15) is 4.79 Å². The average molecular weight is 254 g/mol. The van der Waals surface area contributed by atoms with Crippen molar-refractivity contribution in [1.29, 1.82) is 0 Å². The van der Waals surface area contributed by atoms with E-state index >= 15 is 0 Å². The van der Waals surface area contributed by atoms with Crippen LogP contribution in [0.4, 0.5) is 0 Å². The molecule has 1 aliphatic carbocycles. The molecule has 0 spiro atoms. The van der Waals surface area contributed by atoms with E-state index in [4.69, 9.17) is 14.4 Å². The molecule has 6 heteroatoms. The van der Waals surface area contributed by atoms with E-state index in [-0.39, 0.29) is 17.9 Å². The Balaban J connectivity index is 2.05. The van der Waals surface area contributed by atoms with Crippen molar-refractivity contribution in [3.8, 4) is 0 Å².